The molecule has 104 valence electrons. The number of likely N-dealkylation sites (N-methyl/N-ethyl adjacent to an activating group) is 1. The van der Waals surface area contributed by atoms with Gasteiger partial charge >= 0.3 is 0 Å². The Morgan fingerprint density at radius 1 is 1.42 bits per heavy atom. The van der Waals surface area contributed by atoms with Gasteiger partial charge in [0, 0.05) is 31.2 Å². The minimum Gasteiger partial charge on any atom is -0.399 e. The van der Waals surface area contributed by atoms with Crippen LogP contribution in [0.1, 0.15) is 24.8 Å². The van der Waals surface area contributed by atoms with Crippen molar-refractivity contribution in [3.8, 4) is 0 Å². The van der Waals surface area contributed by atoms with Crippen LogP contribution >= 0.6 is 0 Å². The second-order valence-electron chi connectivity index (χ2n) is 5.26. The number of nitrogens with one attached hydrogen (secondary N) is 1. The van der Waals surface area contributed by atoms with Gasteiger partial charge in [-0.1, -0.05) is 18.2 Å². The van der Waals surface area contributed by atoms with Gasteiger partial charge in [0.2, 0.25) is 5.91 Å². The van der Waals surface area contributed by atoms with Gasteiger partial charge in [-0.25, -0.2) is 0 Å². The van der Waals surface area contributed by atoms with Crippen LogP contribution in [0.4, 0.5) is 5.69 Å². The van der Waals surface area contributed by atoms with E-state index in [0.717, 1.165) is 30.4 Å². The van der Waals surface area contributed by atoms with Crippen LogP contribution < -0.4 is 11.1 Å². The zero-order valence-electron chi connectivity index (χ0n) is 11.6. The van der Waals surface area contributed by atoms with Gasteiger partial charge in [-0.05, 0) is 37.9 Å². The summed E-state index contributed by atoms with van der Waals surface area (Å²) in [4.78, 5) is 14.0. The van der Waals surface area contributed by atoms with E-state index < -0.39 is 0 Å². The van der Waals surface area contributed by atoms with Gasteiger partial charge in [-0.15, -0.1) is 0 Å². The molecular weight excluding hydrogens is 238 g/mol. The summed E-state index contributed by atoms with van der Waals surface area (Å²) < 4.78 is 0. The van der Waals surface area contributed by atoms with E-state index in [2.05, 4.69) is 17.3 Å². The Balaban J connectivity index is 1.63. The lowest BCUT2D eigenvalue weighted by Gasteiger charge is -2.15. The zero-order valence-corrected chi connectivity index (χ0v) is 11.6. The molecule has 2 rings (SSSR count). The molecule has 0 radical (unpaired) electrons. The number of nitrogens with zero attached hydrogens (tertiary/aromatic N) is 1. The van der Waals surface area contributed by atoms with Crippen molar-refractivity contribution in [1.29, 1.82) is 0 Å². The minimum absolute atomic E-state index is 0.104. The number of hydrogen-bond acceptors (Lipinski definition) is 3. The first-order chi connectivity index (χ1) is 9.16. The highest BCUT2D eigenvalue weighted by molar-refractivity contribution is 5.76. The summed E-state index contributed by atoms with van der Waals surface area (Å²) in [5.74, 6) is 0.104. The molecule has 0 unspecified atom stereocenters. The van der Waals surface area contributed by atoms with Crippen molar-refractivity contribution in [2.75, 3.05) is 25.9 Å². The predicted octanol–water partition coefficient (Wildman–Crippen LogP) is 1.41. The fourth-order valence-corrected chi connectivity index (χ4v) is 2.17. The summed E-state index contributed by atoms with van der Waals surface area (Å²) in [5.41, 5.74) is 7.66. The first-order valence-corrected chi connectivity index (χ1v) is 6.97. The highest BCUT2D eigenvalue weighted by Gasteiger charge is 2.25. The third-order valence-electron chi connectivity index (χ3n) is 3.63. The van der Waals surface area contributed by atoms with Crippen molar-refractivity contribution >= 4 is 11.6 Å². The van der Waals surface area contributed by atoms with Crippen LogP contribution in [0.15, 0.2) is 24.3 Å². The first kappa shape index (κ1) is 13.9. The SMILES string of the molecule is CN(CCNC(=O)CCc1ccccc1N)C1CC1. The van der Waals surface area contributed by atoms with Crippen LogP contribution in [0.3, 0.4) is 0 Å². The van der Waals surface area contributed by atoms with E-state index in [1.165, 1.54) is 12.8 Å². The summed E-state index contributed by atoms with van der Waals surface area (Å²) >= 11 is 0. The molecule has 1 amide bonds. The van der Waals surface area contributed by atoms with Crippen molar-refractivity contribution in [1.82, 2.24) is 10.2 Å². The third-order valence-corrected chi connectivity index (χ3v) is 3.63. The molecule has 0 bridgehead atoms. The Hall–Kier alpha value is -1.55. The summed E-state index contributed by atoms with van der Waals surface area (Å²) in [5, 5.41) is 2.96. The molecule has 1 aromatic carbocycles. The Bertz CT molecular complexity index is 429. The van der Waals surface area contributed by atoms with Crippen LogP contribution in [-0.4, -0.2) is 37.0 Å². The maximum Gasteiger partial charge on any atom is 0.220 e. The molecule has 0 heterocycles. The van der Waals surface area contributed by atoms with Crippen molar-refractivity contribution in [2.24, 2.45) is 0 Å². The number of anilines is 1. The quantitative estimate of drug-likeness (QED) is 0.730. The van der Waals surface area contributed by atoms with Crippen molar-refractivity contribution < 1.29 is 4.79 Å². The number of hydrogen-bond donors (Lipinski definition) is 2. The number of amides is 1. The summed E-state index contributed by atoms with van der Waals surface area (Å²) in [6.07, 6.45) is 3.81. The standard InChI is InChI=1S/C15H23N3O/c1-18(13-7-8-13)11-10-17-15(19)9-6-12-4-2-3-5-14(12)16/h2-5,13H,6-11,16H2,1H3,(H,17,19). The lowest BCUT2D eigenvalue weighted by atomic mass is 10.1. The van der Waals surface area contributed by atoms with E-state index in [0.29, 0.717) is 12.8 Å². The molecule has 4 nitrogen and oxygen atoms in total. The van der Waals surface area contributed by atoms with Gasteiger partial charge in [0.1, 0.15) is 0 Å². The topological polar surface area (TPSA) is 58.4 Å². The third kappa shape index (κ3) is 4.56. The van der Waals surface area contributed by atoms with Gasteiger partial charge in [0.15, 0.2) is 0 Å². The normalized spacial score (nSPS) is 14.6. The van der Waals surface area contributed by atoms with Gasteiger partial charge in [0.05, 0.1) is 0 Å². The van der Waals surface area contributed by atoms with Gasteiger partial charge in [-0.2, -0.15) is 0 Å². The van der Waals surface area contributed by atoms with Crippen LogP contribution in [0.2, 0.25) is 0 Å². The number of nitrogens with two attached hydrogens (primary N) is 1. The fraction of sp³-hybridized carbons (Fsp3) is 0.533. The molecule has 1 aromatic rings. The van der Waals surface area contributed by atoms with Crippen molar-refractivity contribution in [3.05, 3.63) is 29.8 Å². The minimum atomic E-state index is 0.104. The first-order valence-electron chi connectivity index (χ1n) is 6.97. The molecule has 1 aliphatic carbocycles. The van der Waals surface area contributed by atoms with Gasteiger partial charge < -0.3 is 16.0 Å². The lowest BCUT2D eigenvalue weighted by Crippen LogP contribution is -2.34. The lowest BCUT2D eigenvalue weighted by molar-refractivity contribution is -0.121. The largest absolute Gasteiger partial charge is 0.399 e. The molecule has 0 saturated heterocycles. The summed E-state index contributed by atoms with van der Waals surface area (Å²) in [6.45, 7) is 1.67. The van der Waals surface area contributed by atoms with Crippen LogP contribution in [0.5, 0.6) is 0 Å². The molecule has 1 saturated carbocycles. The summed E-state index contributed by atoms with van der Waals surface area (Å²) in [6, 6.07) is 8.46. The molecule has 1 fully saturated rings. The predicted molar refractivity (Wildman–Crippen MR) is 77.8 cm³/mol. The Morgan fingerprint density at radius 3 is 2.84 bits per heavy atom. The average Bonchev–Trinajstić information content (AvgIpc) is 3.22. The van der Waals surface area contributed by atoms with E-state index in [4.69, 9.17) is 5.73 Å². The van der Waals surface area contributed by atoms with Crippen molar-refractivity contribution in [3.63, 3.8) is 0 Å². The van der Waals surface area contributed by atoms with Crippen LogP contribution in [0, 0.1) is 0 Å². The second-order valence-corrected chi connectivity index (χ2v) is 5.26. The number of para-hydroxylation sites is 1. The maximum absolute atomic E-state index is 11.7. The van der Waals surface area contributed by atoms with Gasteiger partial charge in [-0.3, -0.25) is 4.79 Å². The van der Waals surface area contributed by atoms with Gasteiger partial charge in [0.25, 0.3) is 0 Å². The molecule has 3 N–H and O–H groups in total. The number of carbonyl (C=O) groups is 1. The fourth-order valence-electron chi connectivity index (χ4n) is 2.17. The second kappa shape index (κ2) is 6.57. The highest BCUT2D eigenvalue weighted by atomic mass is 16.1. The highest BCUT2D eigenvalue weighted by Crippen LogP contribution is 2.24. The zero-order chi connectivity index (χ0) is 13.7. The monoisotopic (exact) mass is 261 g/mol. The number of benzene rings is 1. The Kier molecular flexibility index (Phi) is 4.80. The molecule has 4 heteroatoms. The maximum atomic E-state index is 11.7. The van der Waals surface area contributed by atoms with E-state index in [1.54, 1.807) is 0 Å². The molecular formula is C15H23N3O. The smallest absolute Gasteiger partial charge is 0.220 e. The molecule has 1 aliphatic rings. The molecule has 0 spiro atoms. The molecule has 19 heavy (non-hydrogen) atoms. The summed E-state index contributed by atoms with van der Waals surface area (Å²) in [7, 11) is 2.12. The van der Waals surface area contributed by atoms with Crippen LogP contribution in [-0.2, 0) is 11.2 Å². The molecule has 0 aliphatic heterocycles. The van der Waals surface area contributed by atoms with E-state index >= 15 is 0 Å². The van der Waals surface area contributed by atoms with E-state index in [-0.39, 0.29) is 5.91 Å². The van der Waals surface area contributed by atoms with E-state index in [1.807, 2.05) is 24.3 Å². The number of nitrogen functional groups attached to an aromatic ring is 1. The van der Waals surface area contributed by atoms with E-state index in [9.17, 15) is 4.79 Å². The number of aryl methyl sites for hydroxylation is 1. The average molecular weight is 261 g/mol. The molecule has 0 atom stereocenters. The molecule has 0 aromatic heterocycles. The van der Waals surface area contributed by atoms with Crippen molar-refractivity contribution in [2.45, 2.75) is 31.7 Å². The Labute approximate surface area is 115 Å². The number of rotatable bonds is 7. The number of carbonyl (C=O) groups excluding carboxylic acids is 1. The van der Waals surface area contributed by atoms with Crippen LogP contribution in [0.25, 0.3) is 0 Å². The Morgan fingerprint density at radius 2 is 2.16 bits per heavy atom.